The van der Waals surface area contributed by atoms with E-state index in [1.807, 2.05) is 19.1 Å². The van der Waals surface area contributed by atoms with Crippen LogP contribution < -0.4 is 5.32 Å². The average molecular weight is 375 g/mol. The van der Waals surface area contributed by atoms with Crippen LogP contribution in [0.2, 0.25) is 0 Å². The van der Waals surface area contributed by atoms with Crippen molar-refractivity contribution in [3.05, 3.63) is 44.4 Å². The van der Waals surface area contributed by atoms with Gasteiger partial charge in [-0.15, -0.1) is 0 Å². The van der Waals surface area contributed by atoms with Crippen molar-refractivity contribution in [2.75, 3.05) is 0 Å². The minimum absolute atomic E-state index is 0.194. The second-order valence-electron chi connectivity index (χ2n) is 4.00. The third-order valence-electron chi connectivity index (χ3n) is 2.56. The van der Waals surface area contributed by atoms with Gasteiger partial charge in [0.15, 0.2) is 5.82 Å². The number of aryl methyl sites for hydroxylation is 1. The zero-order chi connectivity index (χ0) is 13.1. The largest absolute Gasteiger partial charge is 0.338 e. The molecule has 1 heterocycles. The second kappa shape index (κ2) is 5.95. The molecule has 2 rings (SSSR count). The Hall–Kier alpha value is -0.720. The van der Waals surface area contributed by atoms with Gasteiger partial charge in [0.25, 0.3) is 0 Å². The summed E-state index contributed by atoms with van der Waals surface area (Å²) in [5.41, 5.74) is 1.19. The van der Waals surface area contributed by atoms with Crippen LogP contribution in [0.25, 0.3) is 0 Å². The first kappa shape index (κ1) is 13.7. The molecular formula is C12H13Br2N3O. The minimum atomic E-state index is 0.194. The van der Waals surface area contributed by atoms with Crippen molar-refractivity contribution >= 4 is 31.9 Å². The third-order valence-corrected chi connectivity index (χ3v) is 3.74. The molecular weight excluding hydrogens is 362 g/mol. The van der Waals surface area contributed by atoms with Crippen LogP contribution in [-0.2, 0) is 6.54 Å². The predicted octanol–water partition coefficient (Wildman–Crippen LogP) is 3.75. The van der Waals surface area contributed by atoms with Gasteiger partial charge in [-0.25, -0.2) is 0 Å². The molecule has 18 heavy (non-hydrogen) atoms. The quantitative estimate of drug-likeness (QED) is 0.885. The zero-order valence-electron chi connectivity index (χ0n) is 10.1. The first-order chi connectivity index (χ1) is 8.56. The van der Waals surface area contributed by atoms with Crippen molar-refractivity contribution in [3.63, 3.8) is 0 Å². The molecule has 6 heteroatoms. The number of nitrogens with one attached hydrogen (secondary N) is 1. The summed E-state index contributed by atoms with van der Waals surface area (Å²) in [4.78, 5) is 4.15. The van der Waals surface area contributed by atoms with Crippen LogP contribution in [0.1, 0.15) is 30.2 Å². The van der Waals surface area contributed by atoms with Crippen LogP contribution in [0, 0.1) is 6.92 Å². The van der Waals surface area contributed by atoms with Crippen molar-refractivity contribution in [1.29, 1.82) is 0 Å². The van der Waals surface area contributed by atoms with Gasteiger partial charge in [-0.2, -0.15) is 4.98 Å². The lowest BCUT2D eigenvalue weighted by Crippen LogP contribution is -2.18. The number of aromatic nitrogens is 2. The summed E-state index contributed by atoms with van der Waals surface area (Å²) in [6, 6.07) is 6.32. The zero-order valence-corrected chi connectivity index (χ0v) is 13.2. The highest BCUT2D eigenvalue weighted by Gasteiger charge is 2.11. The van der Waals surface area contributed by atoms with Crippen LogP contribution >= 0.6 is 31.9 Å². The summed E-state index contributed by atoms with van der Waals surface area (Å²) >= 11 is 7.00. The number of hydrogen-bond donors (Lipinski definition) is 1. The molecule has 0 spiro atoms. The van der Waals surface area contributed by atoms with Crippen LogP contribution in [0.4, 0.5) is 0 Å². The van der Waals surface area contributed by atoms with Gasteiger partial charge in [-0.1, -0.05) is 43.1 Å². The Labute approximate surface area is 122 Å². The lowest BCUT2D eigenvalue weighted by Gasteiger charge is -2.14. The monoisotopic (exact) mass is 373 g/mol. The topological polar surface area (TPSA) is 51.0 Å². The normalized spacial score (nSPS) is 12.7. The summed E-state index contributed by atoms with van der Waals surface area (Å²) in [5, 5.41) is 7.10. The molecule has 0 amide bonds. The van der Waals surface area contributed by atoms with Crippen LogP contribution in [0.3, 0.4) is 0 Å². The van der Waals surface area contributed by atoms with Crippen molar-refractivity contribution in [2.45, 2.75) is 26.4 Å². The minimum Gasteiger partial charge on any atom is -0.338 e. The molecule has 0 fully saturated rings. The van der Waals surface area contributed by atoms with Gasteiger partial charge >= 0.3 is 0 Å². The Balaban J connectivity index is 2.01. The number of hydrogen-bond acceptors (Lipinski definition) is 4. The fourth-order valence-electron chi connectivity index (χ4n) is 1.61. The maximum Gasteiger partial charge on any atom is 0.240 e. The Morgan fingerprint density at radius 3 is 2.78 bits per heavy atom. The SMILES string of the molecule is Cc1noc(CNC(C)c2ccc(Br)cc2Br)n1. The summed E-state index contributed by atoms with van der Waals surface area (Å²) in [6.45, 7) is 4.46. The standard InChI is InChI=1S/C12H13Br2N3O/c1-7(10-4-3-9(13)5-11(10)14)15-6-12-16-8(2)17-18-12/h3-5,7,15H,6H2,1-2H3. The van der Waals surface area contributed by atoms with Crippen molar-refractivity contribution in [3.8, 4) is 0 Å². The average Bonchev–Trinajstić information content (AvgIpc) is 2.72. The summed E-state index contributed by atoms with van der Waals surface area (Å²) in [7, 11) is 0. The van der Waals surface area contributed by atoms with E-state index in [1.54, 1.807) is 0 Å². The molecule has 0 aliphatic rings. The highest BCUT2D eigenvalue weighted by Crippen LogP contribution is 2.26. The van der Waals surface area contributed by atoms with E-state index in [0.29, 0.717) is 18.3 Å². The smallest absolute Gasteiger partial charge is 0.240 e. The first-order valence-electron chi connectivity index (χ1n) is 5.54. The molecule has 0 radical (unpaired) electrons. The van der Waals surface area contributed by atoms with Gasteiger partial charge < -0.3 is 9.84 Å². The van der Waals surface area contributed by atoms with Gasteiger partial charge in [-0.05, 0) is 31.5 Å². The molecule has 4 nitrogen and oxygen atoms in total. The third kappa shape index (κ3) is 3.40. The fraction of sp³-hybridized carbons (Fsp3) is 0.333. The Morgan fingerprint density at radius 2 is 2.17 bits per heavy atom. The highest BCUT2D eigenvalue weighted by atomic mass is 79.9. The molecule has 1 N–H and O–H groups in total. The molecule has 2 aromatic rings. The van der Waals surface area contributed by atoms with Gasteiger partial charge in [-0.3, -0.25) is 0 Å². The van der Waals surface area contributed by atoms with E-state index in [2.05, 4.69) is 60.3 Å². The lowest BCUT2D eigenvalue weighted by molar-refractivity contribution is 0.357. The molecule has 0 saturated heterocycles. The molecule has 1 aromatic heterocycles. The first-order valence-corrected chi connectivity index (χ1v) is 7.12. The van der Waals surface area contributed by atoms with E-state index in [-0.39, 0.29) is 6.04 Å². The molecule has 0 aliphatic heterocycles. The Bertz CT molecular complexity index is 542. The van der Waals surface area contributed by atoms with E-state index in [1.165, 1.54) is 5.56 Å². The number of benzene rings is 1. The molecule has 1 aromatic carbocycles. The molecule has 0 aliphatic carbocycles. The molecule has 1 unspecified atom stereocenters. The maximum atomic E-state index is 5.06. The Morgan fingerprint density at radius 1 is 1.39 bits per heavy atom. The lowest BCUT2D eigenvalue weighted by atomic mass is 10.1. The number of rotatable bonds is 4. The van der Waals surface area contributed by atoms with Gasteiger partial charge in [0.1, 0.15) is 0 Å². The van der Waals surface area contributed by atoms with Crippen molar-refractivity contribution in [2.24, 2.45) is 0 Å². The number of nitrogens with zero attached hydrogens (tertiary/aromatic N) is 2. The van der Waals surface area contributed by atoms with E-state index < -0.39 is 0 Å². The summed E-state index contributed by atoms with van der Waals surface area (Å²) in [5.74, 6) is 1.26. The molecule has 0 saturated carbocycles. The van der Waals surface area contributed by atoms with Crippen molar-refractivity contribution in [1.82, 2.24) is 15.5 Å². The van der Waals surface area contributed by atoms with E-state index >= 15 is 0 Å². The van der Waals surface area contributed by atoms with Crippen LogP contribution in [0.15, 0.2) is 31.7 Å². The maximum absolute atomic E-state index is 5.06. The van der Waals surface area contributed by atoms with Gasteiger partial charge in [0.2, 0.25) is 5.89 Å². The van der Waals surface area contributed by atoms with E-state index in [9.17, 15) is 0 Å². The molecule has 0 bridgehead atoms. The summed E-state index contributed by atoms with van der Waals surface area (Å²) < 4.78 is 7.18. The Kier molecular flexibility index (Phi) is 4.53. The highest BCUT2D eigenvalue weighted by molar-refractivity contribution is 9.11. The fourth-order valence-corrected chi connectivity index (χ4v) is 3.01. The van der Waals surface area contributed by atoms with Crippen molar-refractivity contribution < 1.29 is 4.52 Å². The van der Waals surface area contributed by atoms with Crippen LogP contribution in [-0.4, -0.2) is 10.1 Å². The van der Waals surface area contributed by atoms with Gasteiger partial charge in [0.05, 0.1) is 6.54 Å². The van der Waals surface area contributed by atoms with Gasteiger partial charge in [0, 0.05) is 15.0 Å². The predicted molar refractivity (Wildman–Crippen MR) is 76.1 cm³/mol. The van der Waals surface area contributed by atoms with Crippen LogP contribution in [0.5, 0.6) is 0 Å². The van der Waals surface area contributed by atoms with E-state index in [4.69, 9.17) is 4.52 Å². The molecule has 1 atom stereocenters. The van der Waals surface area contributed by atoms with E-state index in [0.717, 1.165) is 8.95 Å². The summed E-state index contributed by atoms with van der Waals surface area (Å²) in [6.07, 6.45) is 0. The second-order valence-corrected chi connectivity index (χ2v) is 5.77. The number of halogens is 2. The molecule has 96 valence electrons.